The van der Waals surface area contributed by atoms with Crippen molar-refractivity contribution in [3.63, 3.8) is 0 Å². The lowest BCUT2D eigenvalue weighted by Gasteiger charge is -2.12. The number of thiocarbonyl (C=S) groups is 1. The van der Waals surface area contributed by atoms with Crippen molar-refractivity contribution in [3.8, 4) is 11.5 Å². The van der Waals surface area contributed by atoms with Crippen LogP contribution in [0.2, 0.25) is 0 Å². The Morgan fingerprint density at radius 3 is 2.38 bits per heavy atom. The average Bonchev–Trinajstić information content (AvgIpc) is 2.49. The SMILES string of the molecule is CCOc1ccc(NC(=S)Nc2cccc(OC)c2)cc1. The number of rotatable bonds is 5. The molecule has 5 heteroatoms. The first-order valence-corrected chi connectivity index (χ1v) is 7.07. The first-order chi connectivity index (χ1) is 10.2. The second kappa shape index (κ2) is 7.50. The van der Waals surface area contributed by atoms with E-state index in [0.717, 1.165) is 22.9 Å². The molecule has 0 aliphatic rings. The van der Waals surface area contributed by atoms with Crippen LogP contribution >= 0.6 is 12.2 Å². The number of nitrogens with one attached hydrogen (secondary N) is 2. The number of methoxy groups -OCH3 is 1. The van der Waals surface area contributed by atoms with Gasteiger partial charge in [0.15, 0.2) is 5.11 Å². The second-order valence-corrected chi connectivity index (χ2v) is 4.68. The van der Waals surface area contributed by atoms with Crippen LogP contribution in [0.4, 0.5) is 11.4 Å². The fourth-order valence-electron chi connectivity index (χ4n) is 1.80. The summed E-state index contributed by atoms with van der Waals surface area (Å²) < 4.78 is 10.6. The molecule has 0 aromatic heterocycles. The van der Waals surface area contributed by atoms with Crippen molar-refractivity contribution in [2.45, 2.75) is 6.92 Å². The predicted molar refractivity (Wildman–Crippen MR) is 90.4 cm³/mol. The molecule has 4 nitrogen and oxygen atoms in total. The Labute approximate surface area is 130 Å². The molecule has 0 radical (unpaired) electrons. The van der Waals surface area contributed by atoms with Crippen molar-refractivity contribution in [2.75, 3.05) is 24.4 Å². The average molecular weight is 302 g/mol. The zero-order valence-corrected chi connectivity index (χ0v) is 12.9. The van der Waals surface area contributed by atoms with Crippen LogP contribution in [0.25, 0.3) is 0 Å². The molecule has 21 heavy (non-hydrogen) atoms. The van der Waals surface area contributed by atoms with Gasteiger partial charge in [-0.3, -0.25) is 0 Å². The molecule has 2 aromatic rings. The van der Waals surface area contributed by atoms with E-state index in [1.807, 2.05) is 55.5 Å². The number of anilines is 2. The van der Waals surface area contributed by atoms with Crippen molar-refractivity contribution >= 4 is 28.7 Å². The molecule has 0 aliphatic heterocycles. The van der Waals surface area contributed by atoms with Crippen molar-refractivity contribution in [2.24, 2.45) is 0 Å². The number of ether oxygens (including phenoxy) is 2. The molecule has 0 spiro atoms. The van der Waals surface area contributed by atoms with Gasteiger partial charge in [-0.2, -0.15) is 0 Å². The first-order valence-electron chi connectivity index (χ1n) is 6.66. The lowest BCUT2D eigenvalue weighted by atomic mass is 10.3. The standard InChI is InChI=1S/C16H18N2O2S/c1-3-20-14-9-7-12(8-10-14)17-16(21)18-13-5-4-6-15(11-13)19-2/h4-11H,3H2,1-2H3,(H2,17,18,21). The third kappa shape index (κ3) is 4.65. The Balaban J connectivity index is 1.94. The fraction of sp³-hybridized carbons (Fsp3) is 0.188. The predicted octanol–water partition coefficient (Wildman–Crippen LogP) is 3.90. The van der Waals surface area contributed by atoms with E-state index in [-0.39, 0.29) is 0 Å². The zero-order valence-electron chi connectivity index (χ0n) is 12.1. The van der Waals surface area contributed by atoms with Gasteiger partial charge in [-0.05, 0) is 55.5 Å². The molecule has 0 aliphatic carbocycles. The van der Waals surface area contributed by atoms with Gasteiger partial charge in [0.2, 0.25) is 0 Å². The summed E-state index contributed by atoms with van der Waals surface area (Å²) in [6.45, 7) is 2.61. The lowest BCUT2D eigenvalue weighted by molar-refractivity contribution is 0.340. The van der Waals surface area contributed by atoms with Crippen LogP contribution in [-0.2, 0) is 0 Å². The van der Waals surface area contributed by atoms with Gasteiger partial charge >= 0.3 is 0 Å². The molecule has 0 heterocycles. The van der Waals surface area contributed by atoms with Crippen LogP contribution in [0.5, 0.6) is 11.5 Å². The van der Waals surface area contributed by atoms with E-state index in [9.17, 15) is 0 Å². The molecule has 0 fully saturated rings. The molecular formula is C16H18N2O2S. The summed E-state index contributed by atoms with van der Waals surface area (Å²) >= 11 is 5.29. The summed E-state index contributed by atoms with van der Waals surface area (Å²) in [6.07, 6.45) is 0. The van der Waals surface area contributed by atoms with Gasteiger partial charge in [-0.25, -0.2) is 0 Å². The minimum absolute atomic E-state index is 0.521. The summed E-state index contributed by atoms with van der Waals surface area (Å²) in [6, 6.07) is 15.2. The van der Waals surface area contributed by atoms with Crippen molar-refractivity contribution in [1.82, 2.24) is 0 Å². The number of hydrogen-bond donors (Lipinski definition) is 2. The van der Waals surface area contributed by atoms with Gasteiger partial charge in [0, 0.05) is 17.4 Å². The highest BCUT2D eigenvalue weighted by atomic mass is 32.1. The smallest absolute Gasteiger partial charge is 0.175 e. The second-order valence-electron chi connectivity index (χ2n) is 4.27. The highest BCUT2D eigenvalue weighted by molar-refractivity contribution is 7.80. The summed E-state index contributed by atoms with van der Waals surface area (Å²) in [7, 11) is 1.63. The Morgan fingerprint density at radius 1 is 1.00 bits per heavy atom. The third-order valence-corrected chi connectivity index (χ3v) is 2.95. The topological polar surface area (TPSA) is 42.5 Å². The van der Waals surface area contributed by atoms with Crippen LogP contribution in [0.15, 0.2) is 48.5 Å². The molecule has 2 rings (SSSR count). The highest BCUT2D eigenvalue weighted by Crippen LogP contribution is 2.18. The number of benzene rings is 2. The Bertz CT molecular complexity index is 599. The fourth-order valence-corrected chi connectivity index (χ4v) is 2.03. The Hall–Kier alpha value is -2.27. The van der Waals surface area contributed by atoms with Crippen molar-refractivity contribution in [1.29, 1.82) is 0 Å². The molecule has 0 unspecified atom stereocenters. The maximum Gasteiger partial charge on any atom is 0.175 e. The van der Waals surface area contributed by atoms with Gasteiger partial charge < -0.3 is 20.1 Å². The molecule has 0 saturated carbocycles. The van der Waals surface area contributed by atoms with Gasteiger partial charge in [-0.1, -0.05) is 6.07 Å². The van der Waals surface area contributed by atoms with E-state index < -0.39 is 0 Å². The molecular weight excluding hydrogens is 284 g/mol. The monoisotopic (exact) mass is 302 g/mol. The van der Waals surface area contributed by atoms with Gasteiger partial charge in [0.1, 0.15) is 11.5 Å². The Kier molecular flexibility index (Phi) is 5.40. The maximum absolute atomic E-state index is 5.40. The molecule has 0 atom stereocenters. The van der Waals surface area contributed by atoms with Gasteiger partial charge in [0.05, 0.1) is 13.7 Å². The normalized spacial score (nSPS) is 9.81. The van der Waals surface area contributed by atoms with Crippen LogP contribution in [0.1, 0.15) is 6.92 Å². The van der Waals surface area contributed by atoms with Crippen molar-refractivity contribution in [3.05, 3.63) is 48.5 Å². The van der Waals surface area contributed by atoms with Crippen LogP contribution < -0.4 is 20.1 Å². The van der Waals surface area contributed by atoms with E-state index in [4.69, 9.17) is 21.7 Å². The first kappa shape index (κ1) is 15.1. The van der Waals surface area contributed by atoms with E-state index in [0.29, 0.717) is 11.7 Å². The lowest BCUT2D eigenvalue weighted by Crippen LogP contribution is -2.18. The van der Waals surface area contributed by atoms with Gasteiger partial charge in [-0.15, -0.1) is 0 Å². The summed E-state index contributed by atoms with van der Waals surface area (Å²) in [5.74, 6) is 1.62. The van der Waals surface area contributed by atoms with Crippen LogP contribution in [-0.4, -0.2) is 18.8 Å². The Morgan fingerprint density at radius 2 is 1.71 bits per heavy atom. The molecule has 0 amide bonds. The van der Waals surface area contributed by atoms with E-state index >= 15 is 0 Å². The quantitative estimate of drug-likeness (QED) is 0.820. The summed E-state index contributed by atoms with van der Waals surface area (Å²) in [5.41, 5.74) is 1.77. The van der Waals surface area contributed by atoms with Crippen LogP contribution in [0.3, 0.4) is 0 Å². The van der Waals surface area contributed by atoms with E-state index in [2.05, 4.69) is 10.6 Å². The van der Waals surface area contributed by atoms with Crippen molar-refractivity contribution < 1.29 is 9.47 Å². The molecule has 0 bridgehead atoms. The summed E-state index contributed by atoms with van der Waals surface area (Å²) in [4.78, 5) is 0. The maximum atomic E-state index is 5.40. The van der Waals surface area contributed by atoms with Crippen LogP contribution in [0, 0.1) is 0 Å². The third-order valence-electron chi connectivity index (χ3n) is 2.75. The molecule has 2 aromatic carbocycles. The van der Waals surface area contributed by atoms with E-state index in [1.165, 1.54) is 0 Å². The molecule has 0 saturated heterocycles. The minimum Gasteiger partial charge on any atom is -0.497 e. The largest absolute Gasteiger partial charge is 0.497 e. The van der Waals surface area contributed by atoms with E-state index in [1.54, 1.807) is 7.11 Å². The highest BCUT2D eigenvalue weighted by Gasteiger charge is 2.01. The van der Waals surface area contributed by atoms with Gasteiger partial charge in [0.25, 0.3) is 0 Å². The molecule has 2 N–H and O–H groups in total. The number of hydrogen-bond acceptors (Lipinski definition) is 3. The minimum atomic E-state index is 0.521. The summed E-state index contributed by atoms with van der Waals surface area (Å²) in [5, 5.41) is 6.76. The zero-order chi connectivity index (χ0) is 15.1. The molecule has 110 valence electrons.